The third-order valence-corrected chi connectivity index (χ3v) is 5.41. The average Bonchev–Trinajstić information content (AvgIpc) is 2.79. The van der Waals surface area contributed by atoms with Crippen LogP contribution in [0.15, 0.2) is 46.5 Å². The van der Waals surface area contributed by atoms with Crippen molar-refractivity contribution in [2.24, 2.45) is 21.9 Å². The summed E-state index contributed by atoms with van der Waals surface area (Å²) in [6.45, 7) is 12.8. The molecule has 0 saturated carbocycles. The molecule has 0 atom stereocenters. The van der Waals surface area contributed by atoms with Gasteiger partial charge in [0.1, 0.15) is 22.9 Å². The second-order valence-electron chi connectivity index (χ2n) is 9.66. The number of aliphatic imine (C=N–C) groups is 1. The minimum absolute atomic E-state index is 0.0100. The first-order valence-electron chi connectivity index (χ1n) is 11.6. The number of nitrogens with two attached hydrogens (primary N) is 1. The van der Waals surface area contributed by atoms with Crippen LogP contribution in [0, 0.1) is 5.92 Å². The van der Waals surface area contributed by atoms with Crippen LogP contribution in [-0.4, -0.2) is 38.2 Å². The quantitative estimate of drug-likeness (QED) is 0.265. The van der Waals surface area contributed by atoms with E-state index in [1.54, 1.807) is 39.3 Å². The maximum atomic E-state index is 13.2. The number of methoxy groups -OCH3 is 2. The minimum Gasteiger partial charge on any atom is -0.497 e. The van der Waals surface area contributed by atoms with Crippen LogP contribution in [0.3, 0.4) is 0 Å². The summed E-state index contributed by atoms with van der Waals surface area (Å²) in [4.78, 5) is 17.8. The highest BCUT2D eigenvalue weighted by molar-refractivity contribution is 6.68. The van der Waals surface area contributed by atoms with Gasteiger partial charge in [-0.1, -0.05) is 40.7 Å². The van der Waals surface area contributed by atoms with Crippen LogP contribution in [0.1, 0.15) is 53.5 Å². The van der Waals surface area contributed by atoms with Gasteiger partial charge in [0.2, 0.25) is 0 Å². The molecule has 0 bridgehead atoms. The van der Waals surface area contributed by atoms with Crippen molar-refractivity contribution in [3.63, 3.8) is 0 Å². The summed E-state index contributed by atoms with van der Waals surface area (Å²) in [5, 5.41) is 6.64. The smallest absolute Gasteiger partial charge is 0.278 e. The van der Waals surface area contributed by atoms with E-state index in [0.29, 0.717) is 46.9 Å². The summed E-state index contributed by atoms with van der Waals surface area (Å²) in [6.07, 6.45) is 0.901. The molecule has 8 heteroatoms. The number of carbonyl (C=O) groups excluding carboxylic acids is 1. The van der Waals surface area contributed by atoms with E-state index in [1.165, 1.54) is 0 Å². The van der Waals surface area contributed by atoms with Gasteiger partial charge in [-0.3, -0.25) is 4.79 Å². The number of hydrazone groups is 1. The molecule has 0 unspecified atom stereocenters. The maximum Gasteiger partial charge on any atom is 0.278 e. The highest BCUT2D eigenvalue weighted by atomic mass is 16.5. The molecule has 8 nitrogen and oxygen atoms in total. The van der Waals surface area contributed by atoms with Crippen LogP contribution in [0.2, 0.25) is 0 Å². The Morgan fingerprint density at radius 1 is 1.06 bits per heavy atom. The van der Waals surface area contributed by atoms with Gasteiger partial charge in [0.05, 0.1) is 32.2 Å². The summed E-state index contributed by atoms with van der Waals surface area (Å²) in [5.74, 6) is 7.36. The second-order valence-corrected chi connectivity index (χ2v) is 9.66. The maximum absolute atomic E-state index is 13.2. The Bertz CT molecular complexity index is 1090. The third kappa shape index (κ3) is 7.73. The number of anilines is 1. The lowest BCUT2D eigenvalue weighted by atomic mass is 9.87. The largest absolute Gasteiger partial charge is 0.497 e. The van der Waals surface area contributed by atoms with Crippen LogP contribution in [0.25, 0.3) is 0 Å². The molecule has 3 N–H and O–H groups in total. The van der Waals surface area contributed by atoms with Gasteiger partial charge in [-0.05, 0) is 54.5 Å². The minimum atomic E-state index is -0.490. The topological polar surface area (TPSA) is 108 Å². The summed E-state index contributed by atoms with van der Waals surface area (Å²) < 4.78 is 16.6. The molecule has 1 amide bonds. The molecule has 0 heterocycles. The molecular formula is C27H38N4O4. The highest BCUT2D eigenvalue weighted by Crippen LogP contribution is 2.33. The van der Waals surface area contributed by atoms with Crippen molar-refractivity contribution < 1.29 is 19.0 Å². The molecule has 0 fully saturated rings. The number of hydrogen-bond donors (Lipinski definition) is 2. The Morgan fingerprint density at radius 3 is 2.31 bits per heavy atom. The zero-order chi connectivity index (χ0) is 26.2. The Balaban J connectivity index is 2.37. The second kappa shape index (κ2) is 12.2. The fourth-order valence-electron chi connectivity index (χ4n) is 3.24. The average molecular weight is 483 g/mol. The van der Waals surface area contributed by atoms with Crippen LogP contribution >= 0.6 is 0 Å². The van der Waals surface area contributed by atoms with Gasteiger partial charge in [0.15, 0.2) is 5.71 Å². The number of amides is 1. The SMILES string of the molecule is COc1ccc(OC)c(N=C(C)/C(=N\N)C(=O)Nc2cc(C(C)(C)C)ccc2OCCC(C)C)c1. The molecule has 35 heavy (non-hydrogen) atoms. The molecule has 0 aliphatic rings. The van der Waals surface area contributed by atoms with E-state index < -0.39 is 5.91 Å². The van der Waals surface area contributed by atoms with Crippen LogP contribution in [-0.2, 0) is 10.2 Å². The van der Waals surface area contributed by atoms with Crippen LogP contribution in [0.5, 0.6) is 17.2 Å². The van der Waals surface area contributed by atoms with Gasteiger partial charge in [-0.15, -0.1) is 0 Å². The van der Waals surface area contributed by atoms with E-state index in [0.717, 1.165) is 12.0 Å². The van der Waals surface area contributed by atoms with E-state index in [2.05, 4.69) is 50.0 Å². The van der Waals surface area contributed by atoms with Gasteiger partial charge in [-0.2, -0.15) is 5.10 Å². The first-order chi connectivity index (χ1) is 16.5. The number of benzene rings is 2. The zero-order valence-corrected chi connectivity index (χ0v) is 22.1. The first-order valence-corrected chi connectivity index (χ1v) is 11.6. The van der Waals surface area contributed by atoms with Crippen molar-refractivity contribution in [1.29, 1.82) is 0 Å². The molecule has 2 rings (SSSR count). The van der Waals surface area contributed by atoms with Crippen LogP contribution < -0.4 is 25.4 Å². The van der Waals surface area contributed by atoms with Crippen molar-refractivity contribution in [2.45, 2.75) is 53.4 Å². The Labute approximate surface area is 208 Å². The van der Waals surface area contributed by atoms with E-state index in [4.69, 9.17) is 20.1 Å². The Morgan fingerprint density at radius 2 is 1.74 bits per heavy atom. The Kier molecular flexibility index (Phi) is 9.68. The lowest BCUT2D eigenvalue weighted by Crippen LogP contribution is -2.30. The predicted molar refractivity (Wildman–Crippen MR) is 143 cm³/mol. The number of nitrogens with zero attached hydrogens (tertiary/aromatic N) is 2. The molecule has 0 aliphatic carbocycles. The van der Waals surface area contributed by atoms with Gasteiger partial charge in [0, 0.05) is 6.07 Å². The lowest BCUT2D eigenvalue weighted by molar-refractivity contribution is -0.110. The summed E-state index contributed by atoms with van der Waals surface area (Å²) in [6, 6.07) is 11.0. The third-order valence-electron chi connectivity index (χ3n) is 5.41. The molecule has 2 aromatic rings. The molecular weight excluding hydrogens is 444 g/mol. The van der Waals surface area contributed by atoms with Crippen molar-refractivity contribution >= 4 is 28.7 Å². The Hall–Kier alpha value is -3.55. The molecule has 0 aliphatic heterocycles. The monoisotopic (exact) mass is 482 g/mol. The van der Waals surface area contributed by atoms with Gasteiger partial charge in [-0.25, -0.2) is 4.99 Å². The van der Waals surface area contributed by atoms with Crippen molar-refractivity contribution in [3.05, 3.63) is 42.0 Å². The van der Waals surface area contributed by atoms with E-state index in [1.807, 2.05) is 18.2 Å². The van der Waals surface area contributed by atoms with E-state index in [-0.39, 0.29) is 11.1 Å². The van der Waals surface area contributed by atoms with Gasteiger partial charge < -0.3 is 25.4 Å². The molecule has 2 aromatic carbocycles. The fourth-order valence-corrected chi connectivity index (χ4v) is 3.24. The number of nitrogens with one attached hydrogen (secondary N) is 1. The highest BCUT2D eigenvalue weighted by Gasteiger charge is 2.21. The normalized spacial score (nSPS) is 12.5. The standard InChI is InChI=1S/C27H38N4O4/c1-17(2)13-14-35-24-11-9-19(27(4,5)6)15-21(24)30-26(32)25(31-28)18(3)29-22-16-20(33-7)10-12-23(22)34-8/h9-12,15-17H,13-14,28H2,1-8H3,(H,30,32)/b29-18?,31-25+. The number of hydrogen-bond acceptors (Lipinski definition) is 7. The lowest BCUT2D eigenvalue weighted by Gasteiger charge is -2.22. The fraction of sp³-hybridized carbons (Fsp3) is 0.444. The van der Waals surface area contributed by atoms with E-state index in [9.17, 15) is 4.79 Å². The number of rotatable bonds is 10. The van der Waals surface area contributed by atoms with Gasteiger partial charge in [0.25, 0.3) is 5.91 Å². The molecule has 0 radical (unpaired) electrons. The number of carbonyl (C=O) groups is 1. The van der Waals surface area contributed by atoms with Crippen molar-refractivity contribution in [1.82, 2.24) is 0 Å². The molecule has 0 aromatic heterocycles. The molecule has 190 valence electrons. The van der Waals surface area contributed by atoms with E-state index >= 15 is 0 Å². The molecule has 0 saturated heterocycles. The van der Waals surface area contributed by atoms with Crippen molar-refractivity contribution in [2.75, 3.05) is 26.1 Å². The summed E-state index contributed by atoms with van der Waals surface area (Å²) >= 11 is 0. The molecule has 0 spiro atoms. The zero-order valence-electron chi connectivity index (χ0n) is 22.1. The summed E-state index contributed by atoms with van der Waals surface area (Å²) in [5.41, 5.74) is 2.31. The number of ether oxygens (including phenoxy) is 3. The predicted octanol–water partition coefficient (Wildman–Crippen LogP) is 5.47. The summed E-state index contributed by atoms with van der Waals surface area (Å²) in [7, 11) is 3.11. The van der Waals surface area contributed by atoms with Crippen LogP contribution in [0.4, 0.5) is 11.4 Å². The van der Waals surface area contributed by atoms with Crippen molar-refractivity contribution in [3.8, 4) is 17.2 Å². The van der Waals surface area contributed by atoms with Gasteiger partial charge >= 0.3 is 0 Å². The first kappa shape index (κ1) is 27.7.